The maximum absolute atomic E-state index is 13.0. The van der Waals surface area contributed by atoms with Gasteiger partial charge >= 0.3 is 0 Å². The number of halogens is 3. The molecule has 1 aromatic carbocycles. The van der Waals surface area contributed by atoms with Crippen LogP contribution in [0.15, 0.2) is 33.2 Å². The van der Waals surface area contributed by atoms with Gasteiger partial charge in [-0.05, 0) is 63.0 Å². The van der Waals surface area contributed by atoms with Crippen LogP contribution >= 0.6 is 43.2 Å². The fraction of sp³-hybridized carbons (Fsp3) is 0.167. The Morgan fingerprint density at radius 3 is 2.59 bits per heavy atom. The maximum atomic E-state index is 13.0. The van der Waals surface area contributed by atoms with Crippen molar-refractivity contribution in [2.75, 3.05) is 5.32 Å². The van der Waals surface area contributed by atoms with Crippen molar-refractivity contribution >= 4 is 48.9 Å². The standard InChI is InChI=1S/C12H10Br2FNS/c1-7-10(13)5-9(17-7)6-16-8-2-3-12(15)11(14)4-8/h2-5,16H,6H2,1H3. The van der Waals surface area contributed by atoms with Crippen molar-refractivity contribution < 1.29 is 4.39 Å². The van der Waals surface area contributed by atoms with Gasteiger partial charge in [-0.15, -0.1) is 11.3 Å². The van der Waals surface area contributed by atoms with Crippen molar-refractivity contribution in [3.63, 3.8) is 0 Å². The van der Waals surface area contributed by atoms with Crippen LogP contribution in [0, 0.1) is 12.7 Å². The number of nitrogens with one attached hydrogen (secondary N) is 1. The first-order valence-electron chi connectivity index (χ1n) is 5.00. The second-order valence-electron chi connectivity index (χ2n) is 3.60. The number of thiophene rings is 1. The molecule has 17 heavy (non-hydrogen) atoms. The van der Waals surface area contributed by atoms with E-state index in [4.69, 9.17) is 0 Å². The van der Waals surface area contributed by atoms with Crippen LogP contribution in [0.2, 0.25) is 0 Å². The summed E-state index contributed by atoms with van der Waals surface area (Å²) >= 11 is 8.40. The first-order chi connectivity index (χ1) is 8.06. The summed E-state index contributed by atoms with van der Waals surface area (Å²) in [7, 11) is 0. The van der Waals surface area contributed by atoms with Gasteiger partial charge in [-0.2, -0.15) is 0 Å². The van der Waals surface area contributed by atoms with Gasteiger partial charge in [0, 0.05) is 26.5 Å². The van der Waals surface area contributed by atoms with Gasteiger partial charge in [0.25, 0.3) is 0 Å². The summed E-state index contributed by atoms with van der Waals surface area (Å²) in [4.78, 5) is 2.51. The van der Waals surface area contributed by atoms with Crippen LogP contribution in [-0.4, -0.2) is 0 Å². The molecule has 0 saturated heterocycles. The third-order valence-electron chi connectivity index (χ3n) is 2.29. The molecule has 0 fully saturated rings. The summed E-state index contributed by atoms with van der Waals surface area (Å²) in [5, 5.41) is 3.26. The molecule has 1 aromatic heterocycles. The Kier molecular flexibility index (Phi) is 4.22. The molecule has 0 amide bonds. The average Bonchev–Trinajstić information content (AvgIpc) is 2.60. The third-order valence-corrected chi connectivity index (χ3v) is 5.04. The lowest BCUT2D eigenvalue weighted by atomic mass is 10.3. The van der Waals surface area contributed by atoms with E-state index in [2.05, 4.69) is 50.2 Å². The first kappa shape index (κ1) is 13.1. The molecule has 90 valence electrons. The summed E-state index contributed by atoms with van der Waals surface area (Å²) < 4.78 is 14.7. The highest BCUT2D eigenvalue weighted by molar-refractivity contribution is 9.10. The summed E-state index contributed by atoms with van der Waals surface area (Å²) in [5.74, 6) is -0.245. The molecule has 0 aliphatic heterocycles. The van der Waals surface area contributed by atoms with Crippen LogP contribution in [0.4, 0.5) is 10.1 Å². The Hall–Kier alpha value is -0.390. The molecule has 2 aromatic rings. The van der Waals surface area contributed by atoms with E-state index in [-0.39, 0.29) is 5.82 Å². The molecule has 0 bridgehead atoms. The van der Waals surface area contributed by atoms with E-state index >= 15 is 0 Å². The topological polar surface area (TPSA) is 12.0 Å². The zero-order valence-corrected chi connectivity index (χ0v) is 13.0. The second-order valence-corrected chi connectivity index (χ2v) is 6.65. The van der Waals surface area contributed by atoms with Crippen molar-refractivity contribution in [3.05, 3.63) is 48.8 Å². The van der Waals surface area contributed by atoms with Gasteiger partial charge in [-0.3, -0.25) is 0 Å². The van der Waals surface area contributed by atoms with Crippen molar-refractivity contribution in [2.24, 2.45) is 0 Å². The molecule has 0 aliphatic carbocycles. The Labute approximate surface area is 120 Å². The minimum atomic E-state index is -0.245. The minimum Gasteiger partial charge on any atom is -0.380 e. The smallest absolute Gasteiger partial charge is 0.137 e. The van der Waals surface area contributed by atoms with E-state index in [9.17, 15) is 4.39 Å². The van der Waals surface area contributed by atoms with Crippen LogP contribution in [0.3, 0.4) is 0 Å². The van der Waals surface area contributed by atoms with E-state index in [1.807, 2.05) is 0 Å². The van der Waals surface area contributed by atoms with E-state index in [0.29, 0.717) is 4.47 Å². The minimum absolute atomic E-state index is 0.245. The Bertz CT molecular complexity index is 520. The van der Waals surface area contributed by atoms with Gasteiger partial charge in [0.1, 0.15) is 5.82 Å². The lowest BCUT2D eigenvalue weighted by Gasteiger charge is -2.05. The molecule has 1 heterocycles. The molecular formula is C12H10Br2FNS. The highest BCUT2D eigenvalue weighted by atomic mass is 79.9. The third kappa shape index (κ3) is 3.30. The zero-order chi connectivity index (χ0) is 12.4. The monoisotopic (exact) mass is 377 g/mol. The summed E-state index contributed by atoms with van der Waals surface area (Å²) in [6.45, 7) is 2.82. The van der Waals surface area contributed by atoms with Crippen molar-refractivity contribution in [1.82, 2.24) is 0 Å². The molecule has 0 radical (unpaired) electrons. The van der Waals surface area contributed by atoms with Gasteiger partial charge in [0.2, 0.25) is 0 Å². The van der Waals surface area contributed by atoms with Crippen LogP contribution in [-0.2, 0) is 6.54 Å². The molecule has 0 atom stereocenters. The van der Waals surface area contributed by atoms with E-state index < -0.39 is 0 Å². The van der Waals surface area contributed by atoms with E-state index in [0.717, 1.165) is 16.7 Å². The fourth-order valence-corrected chi connectivity index (χ4v) is 3.32. The summed E-state index contributed by atoms with van der Waals surface area (Å²) in [6, 6.07) is 7.02. The molecule has 5 heteroatoms. The lowest BCUT2D eigenvalue weighted by Crippen LogP contribution is -1.97. The number of hydrogen-bond acceptors (Lipinski definition) is 2. The lowest BCUT2D eigenvalue weighted by molar-refractivity contribution is 0.621. The van der Waals surface area contributed by atoms with Gasteiger partial charge < -0.3 is 5.32 Å². The molecule has 1 nitrogen and oxygen atoms in total. The Morgan fingerprint density at radius 1 is 1.24 bits per heavy atom. The molecule has 2 rings (SSSR count). The normalized spacial score (nSPS) is 10.6. The van der Waals surface area contributed by atoms with E-state index in [1.54, 1.807) is 23.5 Å². The molecule has 0 unspecified atom stereocenters. The SMILES string of the molecule is Cc1sc(CNc2ccc(F)c(Br)c2)cc1Br. The predicted molar refractivity (Wildman–Crippen MR) is 78.2 cm³/mol. The van der Waals surface area contributed by atoms with Crippen LogP contribution < -0.4 is 5.32 Å². The van der Waals surface area contributed by atoms with Gasteiger partial charge in [-0.25, -0.2) is 4.39 Å². The number of benzene rings is 1. The Balaban J connectivity index is 2.04. The zero-order valence-electron chi connectivity index (χ0n) is 9.06. The molecule has 1 N–H and O–H groups in total. The predicted octanol–water partition coefficient (Wildman–Crippen LogP) is 5.33. The highest BCUT2D eigenvalue weighted by Gasteiger charge is 2.04. The van der Waals surface area contributed by atoms with Crippen LogP contribution in [0.1, 0.15) is 9.75 Å². The average molecular weight is 379 g/mol. The van der Waals surface area contributed by atoms with Crippen LogP contribution in [0.25, 0.3) is 0 Å². The summed E-state index contributed by atoms with van der Waals surface area (Å²) in [5.41, 5.74) is 0.903. The second kappa shape index (κ2) is 5.50. The molecule has 0 spiro atoms. The number of anilines is 1. The quantitative estimate of drug-likeness (QED) is 0.760. The molecule has 0 aliphatic rings. The Morgan fingerprint density at radius 2 is 2.00 bits per heavy atom. The first-order valence-corrected chi connectivity index (χ1v) is 7.40. The number of aryl methyl sites for hydroxylation is 1. The van der Waals surface area contributed by atoms with Crippen molar-refractivity contribution in [1.29, 1.82) is 0 Å². The van der Waals surface area contributed by atoms with Gasteiger partial charge in [0.15, 0.2) is 0 Å². The summed E-state index contributed by atoms with van der Waals surface area (Å²) in [6.07, 6.45) is 0. The molecular weight excluding hydrogens is 369 g/mol. The van der Waals surface area contributed by atoms with Crippen molar-refractivity contribution in [3.8, 4) is 0 Å². The molecule has 0 saturated carbocycles. The maximum Gasteiger partial charge on any atom is 0.137 e. The number of rotatable bonds is 3. The van der Waals surface area contributed by atoms with Crippen LogP contribution in [0.5, 0.6) is 0 Å². The van der Waals surface area contributed by atoms with Crippen molar-refractivity contribution in [2.45, 2.75) is 13.5 Å². The largest absolute Gasteiger partial charge is 0.380 e. The number of hydrogen-bond donors (Lipinski definition) is 1. The van der Waals surface area contributed by atoms with Gasteiger partial charge in [0.05, 0.1) is 4.47 Å². The fourth-order valence-electron chi connectivity index (χ4n) is 1.40. The van der Waals surface area contributed by atoms with E-state index in [1.165, 1.54) is 15.8 Å². The van der Waals surface area contributed by atoms with Gasteiger partial charge in [-0.1, -0.05) is 0 Å². The highest BCUT2D eigenvalue weighted by Crippen LogP contribution is 2.27.